The minimum Gasteiger partial charge on any atom is -0.497 e. The Kier molecular flexibility index (Phi) is 6.48. The first-order chi connectivity index (χ1) is 14.5. The molecule has 2 atom stereocenters. The molecule has 0 aromatic heterocycles. The normalized spacial score (nSPS) is 22.2. The number of aliphatic hydroxyl groups excluding tert-OH is 1. The summed E-state index contributed by atoms with van der Waals surface area (Å²) in [5, 5.41) is 19.0. The van der Waals surface area contributed by atoms with Gasteiger partial charge in [0.1, 0.15) is 16.6 Å². The lowest BCUT2D eigenvalue weighted by atomic mass is 10.1. The highest BCUT2D eigenvalue weighted by atomic mass is 79.9. The van der Waals surface area contributed by atoms with Gasteiger partial charge in [-0.25, -0.2) is 21.7 Å². The summed E-state index contributed by atoms with van der Waals surface area (Å²) in [6, 6.07) is 9.27. The van der Waals surface area contributed by atoms with Gasteiger partial charge in [0.15, 0.2) is 15.5 Å². The molecule has 1 aliphatic rings. The van der Waals surface area contributed by atoms with E-state index in [1.807, 2.05) is 0 Å². The first kappa shape index (κ1) is 23.6. The van der Waals surface area contributed by atoms with Crippen molar-refractivity contribution >= 4 is 41.5 Å². The molecule has 0 radical (unpaired) electrons. The smallest absolute Gasteiger partial charge is 0.244 e. The van der Waals surface area contributed by atoms with Crippen LogP contribution in [0, 0.1) is 6.57 Å². The van der Waals surface area contributed by atoms with E-state index in [4.69, 9.17) is 11.3 Å². The molecular weight excluding hydrogens is 512 g/mol. The van der Waals surface area contributed by atoms with Gasteiger partial charge < -0.3 is 14.9 Å². The van der Waals surface area contributed by atoms with E-state index in [0.717, 1.165) is 4.31 Å². The van der Waals surface area contributed by atoms with Gasteiger partial charge in [-0.3, -0.25) is 0 Å². The molecule has 1 heterocycles. The van der Waals surface area contributed by atoms with Crippen molar-refractivity contribution in [3.63, 3.8) is 0 Å². The molecule has 3 rings (SSSR count). The van der Waals surface area contributed by atoms with Crippen molar-refractivity contribution < 1.29 is 31.8 Å². The maximum absolute atomic E-state index is 13.2. The van der Waals surface area contributed by atoms with E-state index >= 15 is 0 Å². The molecule has 0 saturated carbocycles. The number of rotatable bonds is 6. The fraction of sp³-hybridized carbons (Fsp3) is 0.316. The van der Waals surface area contributed by atoms with E-state index < -0.39 is 50.4 Å². The second-order valence-corrected chi connectivity index (χ2v) is 11.9. The summed E-state index contributed by atoms with van der Waals surface area (Å²) in [5.74, 6) is 0.419. The Bertz CT molecular complexity index is 1240. The maximum atomic E-state index is 13.2. The predicted molar refractivity (Wildman–Crippen MR) is 115 cm³/mol. The summed E-state index contributed by atoms with van der Waals surface area (Å²) in [7, 11) is -7.01. The van der Waals surface area contributed by atoms with E-state index in [9.17, 15) is 27.0 Å². The van der Waals surface area contributed by atoms with E-state index in [0.29, 0.717) is 5.75 Å². The SMILES string of the molecule is [C-]#[N+]c1ccc(S(=O)(=O)[C@H]2CN(S(=O)(=O)c3ccc(OC)cc3Br)C[C@@]2(O)CO)cc1. The zero-order chi connectivity index (χ0) is 23.0. The van der Waals surface area contributed by atoms with Crippen LogP contribution in [0.5, 0.6) is 5.75 Å². The fourth-order valence-electron chi connectivity index (χ4n) is 3.38. The minimum atomic E-state index is -4.23. The minimum absolute atomic E-state index is 0.131. The predicted octanol–water partition coefficient (Wildman–Crippen LogP) is 1.58. The Morgan fingerprint density at radius 2 is 1.87 bits per heavy atom. The van der Waals surface area contributed by atoms with E-state index in [2.05, 4.69) is 20.8 Å². The third-order valence-electron chi connectivity index (χ3n) is 5.12. The standard InChI is InChI=1S/C19H19BrN2O7S2/c1-21-13-3-6-15(7-4-13)30(25,26)18-10-22(11-19(18,24)12-23)31(27,28)17-8-5-14(29-2)9-16(17)20/h3-9,18,23-24H,10-12H2,2H3/t18-,19+/m0/s1. The van der Waals surface area contributed by atoms with Crippen LogP contribution in [-0.2, 0) is 19.9 Å². The van der Waals surface area contributed by atoms with E-state index in [1.54, 1.807) is 0 Å². The lowest BCUT2D eigenvalue weighted by Crippen LogP contribution is -2.49. The zero-order valence-electron chi connectivity index (χ0n) is 16.3. The van der Waals surface area contributed by atoms with Crippen molar-refractivity contribution in [2.24, 2.45) is 0 Å². The van der Waals surface area contributed by atoms with Crippen molar-refractivity contribution in [3.8, 4) is 5.75 Å². The van der Waals surface area contributed by atoms with Crippen LogP contribution >= 0.6 is 15.9 Å². The monoisotopic (exact) mass is 530 g/mol. The third-order valence-corrected chi connectivity index (χ3v) is 10.2. The molecule has 1 fully saturated rings. The van der Waals surface area contributed by atoms with Crippen molar-refractivity contribution in [1.29, 1.82) is 0 Å². The lowest BCUT2D eigenvalue weighted by Gasteiger charge is -2.26. The molecule has 9 nitrogen and oxygen atoms in total. The van der Waals surface area contributed by atoms with Gasteiger partial charge in [0.2, 0.25) is 10.0 Å². The van der Waals surface area contributed by atoms with Gasteiger partial charge >= 0.3 is 0 Å². The highest BCUT2D eigenvalue weighted by Crippen LogP contribution is 2.37. The number of β-amino-alcohol motifs (C(OH)–C–C–N with tert-alkyl or cyclic N) is 1. The Balaban J connectivity index is 2.01. The highest BCUT2D eigenvalue weighted by molar-refractivity contribution is 9.10. The van der Waals surface area contributed by atoms with Crippen LogP contribution < -0.4 is 4.74 Å². The molecular formula is C19H19BrN2O7S2. The largest absolute Gasteiger partial charge is 0.497 e. The molecule has 1 saturated heterocycles. The second-order valence-electron chi connectivity index (χ2n) is 6.99. The Morgan fingerprint density at radius 3 is 2.39 bits per heavy atom. The van der Waals surface area contributed by atoms with Gasteiger partial charge in [0, 0.05) is 17.6 Å². The molecule has 12 heteroatoms. The quantitative estimate of drug-likeness (QED) is 0.543. The van der Waals surface area contributed by atoms with Gasteiger partial charge in [-0.15, -0.1) is 0 Å². The number of methoxy groups -OCH3 is 1. The molecule has 0 spiro atoms. The fourth-order valence-corrected chi connectivity index (χ4v) is 7.95. The number of benzene rings is 2. The average Bonchev–Trinajstić information content (AvgIpc) is 3.13. The third kappa shape index (κ3) is 4.21. The molecule has 1 aliphatic heterocycles. The molecule has 166 valence electrons. The molecule has 2 aromatic rings. The number of ether oxygens (including phenoxy) is 1. The van der Waals surface area contributed by atoms with Gasteiger partial charge in [0.25, 0.3) is 0 Å². The number of halogens is 1. The van der Waals surface area contributed by atoms with E-state index in [1.165, 1.54) is 49.6 Å². The van der Waals surface area contributed by atoms with Crippen molar-refractivity contribution in [3.05, 3.63) is 58.4 Å². The van der Waals surface area contributed by atoms with Crippen LogP contribution in [0.3, 0.4) is 0 Å². The molecule has 0 aliphatic carbocycles. The van der Waals surface area contributed by atoms with Gasteiger partial charge in [-0.1, -0.05) is 24.3 Å². The summed E-state index contributed by atoms with van der Waals surface area (Å²) < 4.78 is 58.8. The molecule has 0 bridgehead atoms. The zero-order valence-corrected chi connectivity index (χ0v) is 19.5. The number of aliphatic hydroxyl groups is 2. The second kappa shape index (κ2) is 8.50. The number of sulfone groups is 1. The highest BCUT2D eigenvalue weighted by Gasteiger charge is 2.55. The van der Waals surface area contributed by atoms with Crippen LogP contribution in [0.2, 0.25) is 0 Å². The first-order valence-corrected chi connectivity index (χ1v) is 12.7. The number of sulfonamides is 1. The Hall–Kier alpha value is -2.01. The Morgan fingerprint density at radius 1 is 1.23 bits per heavy atom. The molecule has 2 aromatic carbocycles. The first-order valence-electron chi connectivity index (χ1n) is 8.88. The maximum Gasteiger partial charge on any atom is 0.244 e. The summed E-state index contributed by atoms with van der Waals surface area (Å²) >= 11 is 3.18. The summed E-state index contributed by atoms with van der Waals surface area (Å²) in [6.07, 6.45) is 0. The molecule has 0 unspecified atom stereocenters. The molecule has 31 heavy (non-hydrogen) atoms. The summed E-state index contributed by atoms with van der Waals surface area (Å²) in [6.45, 7) is 4.86. The average molecular weight is 531 g/mol. The molecule has 2 N–H and O–H groups in total. The lowest BCUT2D eigenvalue weighted by molar-refractivity contribution is 0.00160. The molecule has 0 amide bonds. The van der Waals surface area contributed by atoms with Crippen LogP contribution in [0.15, 0.2) is 56.7 Å². The number of hydrogen-bond acceptors (Lipinski definition) is 7. The van der Waals surface area contributed by atoms with Crippen molar-refractivity contribution in [2.45, 2.75) is 20.6 Å². The van der Waals surface area contributed by atoms with Crippen LogP contribution in [0.4, 0.5) is 5.69 Å². The summed E-state index contributed by atoms with van der Waals surface area (Å²) in [5.41, 5.74) is -1.97. The van der Waals surface area contributed by atoms with E-state index in [-0.39, 0.29) is 20.0 Å². The number of hydrogen-bond donors (Lipinski definition) is 2. The van der Waals surface area contributed by atoms with Crippen molar-refractivity contribution in [2.75, 3.05) is 26.8 Å². The van der Waals surface area contributed by atoms with Gasteiger partial charge in [0.05, 0.1) is 30.1 Å². The Labute approximate surface area is 188 Å². The number of nitrogens with zero attached hydrogens (tertiary/aromatic N) is 2. The van der Waals surface area contributed by atoms with Crippen LogP contribution in [0.1, 0.15) is 0 Å². The van der Waals surface area contributed by atoms with Gasteiger partial charge in [-0.05, 0) is 34.1 Å². The van der Waals surface area contributed by atoms with Crippen LogP contribution in [-0.4, -0.2) is 69.0 Å². The van der Waals surface area contributed by atoms with Gasteiger partial charge in [-0.2, -0.15) is 4.31 Å². The van der Waals surface area contributed by atoms with Crippen LogP contribution in [0.25, 0.3) is 4.85 Å². The van der Waals surface area contributed by atoms with Crippen molar-refractivity contribution in [1.82, 2.24) is 4.31 Å². The summed E-state index contributed by atoms with van der Waals surface area (Å²) in [4.78, 5) is 2.89. The topological polar surface area (TPSA) is 126 Å².